The maximum atomic E-state index is 11.4. The minimum absolute atomic E-state index is 0.0779. The Morgan fingerprint density at radius 1 is 1.22 bits per heavy atom. The number of aromatic nitrogens is 1. The van der Waals surface area contributed by atoms with Gasteiger partial charge in [-0.25, -0.2) is 4.79 Å². The average molecular weight is 328 g/mol. The molecular weight excluding hydrogens is 316 g/mol. The highest BCUT2D eigenvalue weighted by Crippen LogP contribution is 2.30. The van der Waals surface area contributed by atoms with E-state index >= 15 is 0 Å². The number of rotatable bonds is 5. The SMILES string of the molecule is NC(=O)c1ccc(OCc2c(C(=O)O)sc3cccnc23)cc1. The molecule has 1 aromatic carbocycles. The maximum absolute atomic E-state index is 11.4. The maximum Gasteiger partial charge on any atom is 0.346 e. The lowest BCUT2D eigenvalue weighted by molar-refractivity contribution is 0.0699. The largest absolute Gasteiger partial charge is 0.489 e. The fourth-order valence-corrected chi connectivity index (χ4v) is 3.16. The highest BCUT2D eigenvalue weighted by molar-refractivity contribution is 7.20. The third kappa shape index (κ3) is 3.00. The number of ether oxygens (including phenoxy) is 1. The smallest absolute Gasteiger partial charge is 0.346 e. The van der Waals surface area contributed by atoms with E-state index in [1.807, 2.05) is 6.07 Å². The second-order valence-corrected chi connectivity index (χ2v) is 5.79. The Morgan fingerprint density at radius 3 is 2.61 bits per heavy atom. The van der Waals surface area contributed by atoms with Crippen molar-refractivity contribution in [1.29, 1.82) is 0 Å². The molecule has 7 heteroatoms. The Hall–Kier alpha value is -2.93. The number of nitrogens with zero attached hydrogens (tertiary/aromatic N) is 1. The molecule has 116 valence electrons. The number of primary amides is 1. The number of carboxylic acid groups (broad SMARTS) is 1. The predicted octanol–water partition coefficient (Wildman–Crippen LogP) is 2.67. The second kappa shape index (κ2) is 6.05. The number of amides is 1. The first-order valence-electron chi connectivity index (χ1n) is 6.68. The Labute approximate surface area is 135 Å². The van der Waals surface area contributed by atoms with Gasteiger partial charge in [-0.2, -0.15) is 0 Å². The molecule has 0 aliphatic rings. The van der Waals surface area contributed by atoms with Crippen LogP contribution >= 0.6 is 11.3 Å². The van der Waals surface area contributed by atoms with Gasteiger partial charge in [0.15, 0.2) is 0 Å². The van der Waals surface area contributed by atoms with Gasteiger partial charge >= 0.3 is 5.97 Å². The van der Waals surface area contributed by atoms with Crippen LogP contribution in [-0.4, -0.2) is 22.0 Å². The van der Waals surface area contributed by atoms with Gasteiger partial charge < -0.3 is 15.6 Å². The van der Waals surface area contributed by atoms with E-state index in [4.69, 9.17) is 10.5 Å². The standard InChI is InChI=1S/C16H12N2O4S/c17-15(19)9-3-5-10(6-4-9)22-8-11-13-12(2-1-7-18-13)23-14(11)16(20)21/h1-7H,8H2,(H2,17,19)(H,20,21). The lowest BCUT2D eigenvalue weighted by Gasteiger charge is -2.07. The molecule has 0 radical (unpaired) electrons. The highest BCUT2D eigenvalue weighted by Gasteiger charge is 2.19. The number of hydrogen-bond donors (Lipinski definition) is 2. The van der Waals surface area contributed by atoms with Gasteiger partial charge in [0.2, 0.25) is 5.91 Å². The monoisotopic (exact) mass is 328 g/mol. The molecule has 23 heavy (non-hydrogen) atoms. The second-order valence-electron chi connectivity index (χ2n) is 4.74. The summed E-state index contributed by atoms with van der Waals surface area (Å²) >= 11 is 1.17. The molecule has 0 saturated heterocycles. The molecule has 3 aromatic rings. The summed E-state index contributed by atoms with van der Waals surface area (Å²) in [5.74, 6) is -1.00. The molecule has 0 aliphatic carbocycles. The van der Waals surface area contributed by atoms with E-state index in [-0.39, 0.29) is 11.5 Å². The molecule has 0 unspecified atom stereocenters. The molecule has 0 spiro atoms. The average Bonchev–Trinajstić information content (AvgIpc) is 2.92. The van der Waals surface area contributed by atoms with Crippen molar-refractivity contribution in [3.05, 3.63) is 58.6 Å². The zero-order valence-corrected chi connectivity index (χ0v) is 12.7. The van der Waals surface area contributed by atoms with Crippen molar-refractivity contribution in [2.45, 2.75) is 6.61 Å². The van der Waals surface area contributed by atoms with Crippen LogP contribution in [0.25, 0.3) is 10.2 Å². The first-order chi connectivity index (χ1) is 11.1. The van der Waals surface area contributed by atoms with Gasteiger partial charge in [0.25, 0.3) is 0 Å². The van der Waals surface area contributed by atoms with E-state index in [1.165, 1.54) is 11.3 Å². The minimum Gasteiger partial charge on any atom is -0.489 e. The third-order valence-electron chi connectivity index (χ3n) is 3.26. The summed E-state index contributed by atoms with van der Waals surface area (Å²) in [6.45, 7) is 0.0779. The molecule has 0 atom stereocenters. The molecular formula is C16H12N2O4S. The van der Waals surface area contributed by atoms with Crippen molar-refractivity contribution >= 4 is 33.4 Å². The van der Waals surface area contributed by atoms with E-state index in [9.17, 15) is 14.7 Å². The number of fused-ring (bicyclic) bond motifs is 1. The number of benzene rings is 1. The number of aromatic carboxylic acids is 1. The number of nitrogens with two attached hydrogens (primary N) is 1. The van der Waals surface area contributed by atoms with Crippen LogP contribution in [0.5, 0.6) is 5.75 Å². The predicted molar refractivity (Wildman–Crippen MR) is 85.9 cm³/mol. The third-order valence-corrected chi connectivity index (χ3v) is 4.43. The fourth-order valence-electron chi connectivity index (χ4n) is 2.16. The molecule has 2 aromatic heterocycles. The van der Waals surface area contributed by atoms with Crippen LogP contribution in [0.2, 0.25) is 0 Å². The van der Waals surface area contributed by atoms with Gasteiger partial charge in [0, 0.05) is 17.3 Å². The number of carboxylic acids is 1. The lowest BCUT2D eigenvalue weighted by atomic mass is 10.2. The molecule has 6 nitrogen and oxygen atoms in total. The van der Waals surface area contributed by atoms with E-state index in [0.717, 1.165) is 4.70 Å². The normalized spacial score (nSPS) is 10.6. The van der Waals surface area contributed by atoms with Crippen molar-refractivity contribution in [3.63, 3.8) is 0 Å². The Morgan fingerprint density at radius 2 is 1.96 bits per heavy atom. The minimum atomic E-state index is -1.00. The summed E-state index contributed by atoms with van der Waals surface area (Å²) in [7, 11) is 0. The summed E-state index contributed by atoms with van der Waals surface area (Å²) in [6, 6.07) is 9.92. The molecule has 0 fully saturated rings. The van der Waals surface area contributed by atoms with Gasteiger partial charge in [-0.3, -0.25) is 9.78 Å². The van der Waals surface area contributed by atoms with Crippen LogP contribution in [0.1, 0.15) is 25.6 Å². The molecule has 2 heterocycles. The highest BCUT2D eigenvalue weighted by atomic mass is 32.1. The Bertz CT molecular complexity index is 887. The topological polar surface area (TPSA) is 103 Å². The molecule has 0 saturated carbocycles. The zero-order valence-electron chi connectivity index (χ0n) is 11.9. The number of pyridine rings is 1. The van der Waals surface area contributed by atoms with Crippen LogP contribution in [0, 0.1) is 0 Å². The van der Waals surface area contributed by atoms with Crippen molar-refractivity contribution in [3.8, 4) is 5.75 Å². The lowest BCUT2D eigenvalue weighted by Crippen LogP contribution is -2.10. The fraction of sp³-hybridized carbons (Fsp3) is 0.0625. The van der Waals surface area contributed by atoms with Crippen molar-refractivity contribution in [1.82, 2.24) is 4.98 Å². The summed E-state index contributed by atoms with van der Waals surface area (Å²) in [5.41, 5.74) is 6.73. The Balaban J connectivity index is 1.87. The van der Waals surface area contributed by atoms with Crippen molar-refractivity contribution in [2.75, 3.05) is 0 Å². The van der Waals surface area contributed by atoms with Crippen LogP contribution in [-0.2, 0) is 6.61 Å². The van der Waals surface area contributed by atoms with E-state index < -0.39 is 11.9 Å². The summed E-state index contributed by atoms with van der Waals surface area (Å²) in [4.78, 5) is 26.9. The van der Waals surface area contributed by atoms with Crippen molar-refractivity contribution < 1.29 is 19.4 Å². The number of thiophene rings is 1. The summed E-state index contributed by atoms with van der Waals surface area (Å²) in [5, 5.41) is 9.34. The van der Waals surface area contributed by atoms with Crippen LogP contribution in [0.4, 0.5) is 0 Å². The van der Waals surface area contributed by atoms with Crippen LogP contribution in [0.15, 0.2) is 42.6 Å². The molecule has 0 bridgehead atoms. The van der Waals surface area contributed by atoms with Crippen molar-refractivity contribution in [2.24, 2.45) is 5.73 Å². The van der Waals surface area contributed by atoms with Gasteiger partial charge in [0.1, 0.15) is 17.2 Å². The quantitative estimate of drug-likeness (QED) is 0.749. The van der Waals surface area contributed by atoms with Crippen LogP contribution in [0.3, 0.4) is 0 Å². The molecule has 0 aliphatic heterocycles. The number of carbonyl (C=O) groups is 2. The zero-order chi connectivity index (χ0) is 16.4. The number of hydrogen-bond acceptors (Lipinski definition) is 5. The number of carbonyl (C=O) groups excluding carboxylic acids is 1. The van der Waals surface area contributed by atoms with Crippen LogP contribution < -0.4 is 10.5 Å². The van der Waals surface area contributed by atoms with E-state index in [1.54, 1.807) is 36.5 Å². The first-order valence-corrected chi connectivity index (χ1v) is 7.50. The van der Waals surface area contributed by atoms with E-state index in [0.29, 0.717) is 22.4 Å². The van der Waals surface area contributed by atoms with Gasteiger partial charge in [0.05, 0.1) is 10.2 Å². The summed E-state index contributed by atoms with van der Waals surface area (Å²) < 4.78 is 6.43. The molecule has 1 amide bonds. The first kappa shape index (κ1) is 15.0. The summed E-state index contributed by atoms with van der Waals surface area (Å²) in [6.07, 6.45) is 1.62. The molecule has 3 N–H and O–H groups in total. The van der Waals surface area contributed by atoms with Gasteiger partial charge in [-0.15, -0.1) is 11.3 Å². The van der Waals surface area contributed by atoms with E-state index in [2.05, 4.69) is 4.98 Å². The van der Waals surface area contributed by atoms with Gasteiger partial charge in [-0.1, -0.05) is 0 Å². The Kier molecular flexibility index (Phi) is 3.94. The molecule has 3 rings (SSSR count). The van der Waals surface area contributed by atoms with Gasteiger partial charge in [-0.05, 0) is 36.4 Å².